The van der Waals surface area contributed by atoms with Crippen LogP contribution in [-0.2, 0) is 0 Å². The van der Waals surface area contributed by atoms with Crippen molar-refractivity contribution in [2.45, 2.75) is 0 Å². The predicted molar refractivity (Wildman–Crippen MR) is 474 cm³/mol. The summed E-state index contributed by atoms with van der Waals surface area (Å²) in [5.41, 5.74) is 19.8. The third-order valence-corrected chi connectivity index (χ3v) is 20.6. The molecule has 4 nitrogen and oxygen atoms in total. The Morgan fingerprint density at radius 2 is 0.393 bits per heavy atom. The zero-order valence-electron chi connectivity index (χ0n) is 72.7. The van der Waals surface area contributed by atoms with Crippen LogP contribution in [0.1, 0.15) is 16.4 Å². The Balaban J connectivity index is 0.000000163. The van der Waals surface area contributed by atoms with E-state index in [4.69, 9.17) is 0 Å². The summed E-state index contributed by atoms with van der Waals surface area (Å²) in [4.78, 5) is 3.23. The molecular formula is C108H76N4. The molecule has 2 aromatic heterocycles. The molecule has 0 saturated carbocycles. The van der Waals surface area contributed by atoms with Gasteiger partial charge in [-0.3, -0.25) is 0 Å². The first kappa shape index (κ1) is 55.6. The van der Waals surface area contributed by atoms with Crippen LogP contribution in [0, 0.1) is 0 Å². The van der Waals surface area contributed by atoms with E-state index in [9.17, 15) is 16.4 Å². The van der Waals surface area contributed by atoms with Gasteiger partial charge in [-0.25, -0.2) is 0 Å². The molecule has 0 spiro atoms. The van der Waals surface area contributed by atoms with Crippen LogP contribution in [0.3, 0.4) is 0 Å². The number of hydrogen-bond acceptors (Lipinski definition) is 2. The lowest BCUT2D eigenvalue weighted by molar-refractivity contribution is 1.18. The summed E-state index contributed by atoms with van der Waals surface area (Å²) in [5.74, 6) is 0. The van der Waals surface area contributed by atoms with Crippen molar-refractivity contribution < 1.29 is 16.4 Å². The van der Waals surface area contributed by atoms with Crippen LogP contribution in [0.5, 0.6) is 0 Å². The van der Waals surface area contributed by atoms with Gasteiger partial charge < -0.3 is 18.9 Å². The Labute approximate surface area is 670 Å². The van der Waals surface area contributed by atoms with E-state index >= 15 is 0 Å². The lowest BCUT2D eigenvalue weighted by Gasteiger charge is -2.26. The summed E-state index contributed by atoms with van der Waals surface area (Å²) in [6, 6.07) is 124. The van der Waals surface area contributed by atoms with Crippen LogP contribution in [0.15, 0.2) is 461 Å². The molecule has 0 radical (unpaired) electrons. The predicted octanol–water partition coefficient (Wildman–Crippen LogP) is 29.8. The quantitative estimate of drug-likeness (QED) is 0.0959. The van der Waals surface area contributed by atoms with Gasteiger partial charge in [-0.15, -0.1) is 0 Å². The topological polar surface area (TPSA) is 16.3 Å². The average molecular weight is 1440 g/mol. The summed E-state index contributed by atoms with van der Waals surface area (Å²) in [5, 5.41) is 4.40. The second-order valence-electron chi connectivity index (χ2n) is 27.4. The molecule has 0 bridgehead atoms. The van der Waals surface area contributed by atoms with Crippen molar-refractivity contribution in [1.82, 2.24) is 9.13 Å². The van der Waals surface area contributed by atoms with Gasteiger partial charge in [-0.05, 0) is 222 Å². The molecule has 4 heteroatoms. The zero-order chi connectivity index (χ0) is 85.0. The number of fused-ring (bicyclic) bond motifs is 6. The monoisotopic (exact) mass is 1440 g/mol. The third-order valence-electron chi connectivity index (χ3n) is 20.6. The molecule has 0 amide bonds. The Bertz CT molecular complexity index is 7370. The lowest BCUT2D eigenvalue weighted by atomic mass is 9.99. The standard InChI is InChI=1S/2C54H38N2/c2*1-4-13-39(14-5-1)41-23-25-42(26-24-41)44-29-34-49(35-30-44)55(48-32-27-43(28-33-48)40-15-6-2-7-16-40)50-20-12-17-45(37-50)46-31-36-54-52(38-46)51-21-10-11-22-53(51)56(54)47-18-8-3-9-19-47/h2*1-38H/i27D,28D,29D,30D,32D,33D,34D,35D;29D,30D,34D,35D. The average Bonchev–Trinajstić information content (AvgIpc) is 1.58. The van der Waals surface area contributed by atoms with Gasteiger partial charge in [0, 0.05) is 67.0 Å². The van der Waals surface area contributed by atoms with Crippen molar-refractivity contribution >= 4 is 77.7 Å². The number of nitrogens with zero attached hydrogens (tertiary/aromatic N) is 4. The molecule has 18 aromatic carbocycles. The molecule has 20 aromatic rings. The van der Waals surface area contributed by atoms with Crippen molar-refractivity contribution in [3.05, 3.63) is 461 Å². The van der Waals surface area contributed by atoms with Crippen LogP contribution in [0.25, 0.3) is 144 Å². The minimum Gasteiger partial charge on any atom is -0.310 e. The molecule has 0 saturated heterocycles. The molecule has 0 fully saturated rings. The molecule has 2 heterocycles. The van der Waals surface area contributed by atoms with Crippen molar-refractivity contribution in [2.24, 2.45) is 0 Å². The SMILES string of the molecule is [2H]c1c([2H])c(N(c2ccc(-c3ccccc3)cc2)c2cccc(-c3ccc4c(c3)c3ccccc3n4-c3ccccc3)c2)c([2H])c([2H])c1-c1ccc(-c2ccccc2)cc1.[2H]c1c([2H])c(N(c2cccc(-c3ccc4c(c3)c3ccccc3n4-c3ccccc3)c2)c2c([2H])c([2H])c(-c3ccc(-c4ccccc4)cc3)c([2H])c2[2H])c([2H])c([2H])c1-c1ccccc1. The van der Waals surface area contributed by atoms with E-state index in [1.807, 2.05) is 223 Å². The van der Waals surface area contributed by atoms with Gasteiger partial charge in [0.2, 0.25) is 0 Å². The van der Waals surface area contributed by atoms with Gasteiger partial charge in [0.05, 0.1) is 38.5 Å². The van der Waals surface area contributed by atoms with Crippen LogP contribution >= 0.6 is 0 Å². The highest BCUT2D eigenvalue weighted by Crippen LogP contribution is 2.44. The maximum Gasteiger partial charge on any atom is 0.0645 e. The molecule has 0 atom stereocenters. The zero-order valence-corrected chi connectivity index (χ0v) is 60.7. The highest BCUT2D eigenvalue weighted by molar-refractivity contribution is 6.12. The summed E-state index contributed by atoms with van der Waals surface area (Å²) in [7, 11) is 0. The molecular weight excluding hydrogens is 1350 g/mol. The van der Waals surface area contributed by atoms with E-state index < -0.39 is 24.2 Å². The Morgan fingerprint density at radius 3 is 0.741 bits per heavy atom. The molecule has 0 aliphatic rings. The fourth-order valence-electron chi connectivity index (χ4n) is 15.1. The van der Waals surface area contributed by atoms with Gasteiger partial charge in [0.1, 0.15) is 0 Å². The molecule has 20 rings (SSSR count). The normalized spacial score (nSPS) is 12.7. The van der Waals surface area contributed by atoms with E-state index in [2.05, 4.69) is 137 Å². The number of aromatic nitrogens is 2. The fraction of sp³-hybridized carbons (Fsp3) is 0. The van der Waals surface area contributed by atoms with E-state index in [1.54, 1.807) is 42.5 Å². The number of benzene rings is 18. The van der Waals surface area contributed by atoms with Gasteiger partial charge >= 0.3 is 0 Å². The van der Waals surface area contributed by atoms with Gasteiger partial charge in [-0.2, -0.15) is 0 Å². The highest BCUT2D eigenvalue weighted by atomic mass is 15.1. The highest BCUT2D eigenvalue weighted by Gasteiger charge is 2.21. The van der Waals surface area contributed by atoms with Crippen LogP contribution in [0.4, 0.5) is 34.1 Å². The smallest absolute Gasteiger partial charge is 0.0645 e. The van der Waals surface area contributed by atoms with E-state index in [-0.39, 0.29) is 82.1 Å². The van der Waals surface area contributed by atoms with E-state index in [0.29, 0.717) is 33.8 Å². The third kappa shape index (κ3) is 13.6. The Hall–Kier alpha value is -14.8. The first-order chi connectivity index (χ1) is 60.6. The molecule has 0 unspecified atom stereocenters. The van der Waals surface area contributed by atoms with Gasteiger partial charge in [0.15, 0.2) is 0 Å². The molecule has 0 N–H and O–H groups in total. The van der Waals surface area contributed by atoms with Crippen molar-refractivity contribution in [3.63, 3.8) is 0 Å². The molecule has 112 heavy (non-hydrogen) atoms. The number of rotatable bonds is 16. The Morgan fingerprint density at radius 1 is 0.152 bits per heavy atom. The van der Waals surface area contributed by atoms with Gasteiger partial charge in [-0.1, -0.05) is 327 Å². The Kier molecular flexibility index (Phi) is 15.1. The number of para-hydroxylation sites is 4. The molecule has 0 aliphatic carbocycles. The van der Waals surface area contributed by atoms with Gasteiger partial charge in [0.25, 0.3) is 0 Å². The molecule has 0 aliphatic heterocycles. The summed E-state index contributed by atoms with van der Waals surface area (Å²) in [6.07, 6.45) is 0. The summed E-state index contributed by atoms with van der Waals surface area (Å²) < 4.78 is 118. The molecule has 528 valence electrons. The largest absolute Gasteiger partial charge is 0.310 e. The van der Waals surface area contributed by atoms with Crippen LogP contribution < -0.4 is 9.80 Å². The van der Waals surface area contributed by atoms with E-state index in [0.717, 1.165) is 111 Å². The second-order valence-corrected chi connectivity index (χ2v) is 27.4. The summed E-state index contributed by atoms with van der Waals surface area (Å²) >= 11 is 0. The van der Waals surface area contributed by atoms with Crippen LogP contribution in [-0.4, -0.2) is 9.13 Å². The fourth-order valence-corrected chi connectivity index (χ4v) is 15.1. The maximum absolute atomic E-state index is 9.56. The van der Waals surface area contributed by atoms with Crippen molar-refractivity contribution in [1.29, 1.82) is 0 Å². The minimum atomic E-state index is -0.396. The number of anilines is 6. The second kappa shape index (κ2) is 30.4. The first-order valence-electron chi connectivity index (χ1n) is 43.4. The van der Waals surface area contributed by atoms with Crippen molar-refractivity contribution in [3.8, 4) is 100 Å². The van der Waals surface area contributed by atoms with E-state index in [1.165, 1.54) is 4.90 Å². The van der Waals surface area contributed by atoms with Crippen molar-refractivity contribution in [2.75, 3.05) is 9.80 Å². The lowest BCUT2D eigenvalue weighted by Crippen LogP contribution is -2.10. The summed E-state index contributed by atoms with van der Waals surface area (Å²) in [6.45, 7) is 0. The minimum absolute atomic E-state index is 0.0965. The maximum atomic E-state index is 9.56. The number of hydrogen-bond donors (Lipinski definition) is 0. The first-order valence-corrected chi connectivity index (χ1v) is 37.4. The van der Waals surface area contributed by atoms with Crippen LogP contribution in [0.2, 0.25) is 0 Å².